The second-order valence-corrected chi connectivity index (χ2v) is 3.48. The van der Waals surface area contributed by atoms with Gasteiger partial charge in [-0.15, -0.1) is 0 Å². The van der Waals surface area contributed by atoms with Crippen molar-refractivity contribution in [2.24, 2.45) is 0 Å². The third-order valence-corrected chi connectivity index (χ3v) is 2.34. The minimum Gasteiger partial charge on any atom is -0.466 e. The molecule has 0 spiro atoms. The highest BCUT2D eigenvalue weighted by molar-refractivity contribution is 5.77. The van der Waals surface area contributed by atoms with Gasteiger partial charge in [-0.25, -0.2) is 4.39 Å². The third kappa shape index (κ3) is 4.55. The van der Waals surface area contributed by atoms with Crippen molar-refractivity contribution in [2.75, 3.05) is 6.61 Å². The van der Waals surface area contributed by atoms with E-state index in [0.29, 0.717) is 17.7 Å². The van der Waals surface area contributed by atoms with Gasteiger partial charge in [-0.05, 0) is 38.0 Å². The first-order valence-electron chi connectivity index (χ1n) is 5.99. The summed E-state index contributed by atoms with van der Waals surface area (Å²) in [5.41, 5.74) is 1.23. The molecule has 1 atom stereocenters. The molecule has 0 aliphatic rings. The van der Waals surface area contributed by atoms with Crippen LogP contribution in [0.4, 0.5) is 4.39 Å². The Hall–Kier alpha value is -1.38. The van der Waals surface area contributed by atoms with Crippen molar-refractivity contribution in [3.05, 3.63) is 35.1 Å². The molecule has 1 rings (SSSR count). The Kier molecular flexibility index (Phi) is 7.19. The van der Waals surface area contributed by atoms with Crippen molar-refractivity contribution in [2.45, 2.75) is 40.5 Å². The number of aryl methyl sites for hydroxylation is 1. The number of esters is 1. The SMILES string of the molecule is CC.CCOC(=O)C(C)c1ccc(C)c(F)c1. The second kappa shape index (κ2) is 7.82. The van der Waals surface area contributed by atoms with Crippen molar-refractivity contribution >= 4 is 5.97 Å². The van der Waals surface area contributed by atoms with E-state index in [1.54, 1.807) is 32.9 Å². The van der Waals surface area contributed by atoms with E-state index in [2.05, 4.69) is 0 Å². The molecule has 0 heterocycles. The van der Waals surface area contributed by atoms with E-state index < -0.39 is 5.92 Å². The largest absolute Gasteiger partial charge is 0.466 e. The fourth-order valence-electron chi connectivity index (χ4n) is 1.28. The smallest absolute Gasteiger partial charge is 0.313 e. The van der Waals surface area contributed by atoms with E-state index in [1.807, 2.05) is 13.8 Å². The zero-order valence-corrected chi connectivity index (χ0v) is 11.2. The van der Waals surface area contributed by atoms with E-state index in [9.17, 15) is 9.18 Å². The van der Waals surface area contributed by atoms with Crippen LogP contribution < -0.4 is 0 Å². The predicted octanol–water partition coefficient (Wildman–Crippen LogP) is 3.83. The minimum absolute atomic E-state index is 0.288. The van der Waals surface area contributed by atoms with Crippen LogP contribution in [0.1, 0.15) is 44.7 Å². The maximum absolute atomic E-state index is 13.2. The molecule has 17 heavy (non-hydrogen) atoms. The van der Waals surface area contributed by atoms with Gasteiger partial charge in [-0.1, -0.05) is 26.0 Å². The lowest BCUT2D eigenvalue weighted by Gasteiger charge is -2.11. The highest BCUT2D eigenvalue weighted by atomic mass is 19.1. The van der Waals surface area contributed by atoms with E-state index in [1.165, 1.54) is 6.07 Å². The number of hydrogen-bond acceptors (Lipinski definition) is 2. The lowest BCUT2D eigenvalue weighted by Crippen LogP contribution is -2.13. The Morgan fingerprint density at radius 1 is 1.41 bits per heavy atom. The van der Waals surface area contributed by atoms with Gasteiger partial charge in [0.15, 0.2) is 0 Å². The maximum atomic E-state index is 13.2. The Morgan fingerprint density at radius 3 is 2.47 bits per heavy atom. The average molecular weight is 240 g/mol. The van der Waals surface area contributed by atoms with Gasteiger partial charge in [-0.2, -0.15) is 0 Å². The summed E-state index contributed by atoms with van der Waals surface area (Å²) in [6.07, 6.45) is 0. The molecule has 0 aromatic heterocycles. The molecule has 0 fully saturated rings. The quantitative estimate of drug-likeness (QED) is 0.751. The molecule has 0 bridgehead atoms. The van der Waals surface area contributed by atoms with Crippen LogP contribution in [0.3, 0.4) is 0 Å². The highest BCUT2D eigenvalue weighted by Crippen LogP contribution is 2.19. The normalized spacial score (nSPS) is 11.2. The summed E-state index contributed by atoms with van der Waals surface area (Å²) < 4.78 is 18.1. The van der Waals surface area contributed by atoms with E-state index >= 15 is 0 Å². The summed E-state index contributed by atoms with van der Waals surface area (Å²) in [5.74, 6) is -1.02. The number of benzene rings is 1. The number of ether oxygens (including phenoxy) is 1. The third-order valence-electron chi connectivity index (χ3n) is 2.34. The van der Waals surface area contributed by atoms with Crippen LogP contribution in [0.5, 0.6) is 0 Å². The topological polar surface area (TPSA) is 26.3 Å². The average Bonchev–Trinajstić information content (AvgIpc) is 2.34. The van der Waals surface area contributed by atoms with Crippen molar-refractivity contribution in [3.8, 4) is 0 Å². The van der Waals surface area contributed by atoms with Crippen LogP contribution in [0.25, 0.3) is 0 Å². The predicted molar refractivity (Wildman–Crippen MR) is 67.5 cm³/mol. The molecule has 2 nitrogen and oxygen atoms in total. The molecule has 1 aromatic carbocycles. The van der Waals surface area contributed by atoms with Crippen molar-refractivity contribution in [3.63, 3.8) is 0 Å². The van der Waals surface area contributed by atoms with Crippen LogP contribution in [0, 0.1) is 12.7 Å². The second-order valence-electron chi connectivity index (χ2n) is 3.48. The first-order valence-corrected chi connectivity index (χ1v) is 5.99. The molecular weight excluding hydrogens is 219 g/mol. The molecule has 0 saturated heterocycles. The van der Waals surface area contributed by atoms with Gasteiger partial charge in [0, 0.05) is 0 Å². The molecule has 0 saturated carbocycles. The Balaban J connectivity index is 0.00000121. The van der Waals surface area contributed by atoms with E-state index in [4.69, 9.17) is 4.74 Å². The van der Waals surface area contributed by atoms with Crippen LogP contribution >= 0.6 is 0 Å². The number of halogens is 1. The van der Waals surface area contributed by atoms with Gasteiger partial charge in [0.05, 0.1) is 12.5 Å². The van der Waals surface area contributed by atoms with Crippen molar-refractivity contribution < 1.29 is 13.9 Å². The summed E-state index contributed by atoms with van der Waals surface area (Å²) in [7, 11) is 0. The van der Waals surface area contributed by atoms with Crippen molar-refractivity contribution in [1.29, 1.82) is 0 Å². The Labute approximate surface area is 103 Å². The standard InChI is InChI=1S/C12H15FO2.C2H6/c1-4-15-12(14)9(3)10-6-5-8(2)11(13)7-10;1-2/h5-7,9H,4H2,1-3H3;1-2H3. The molecule has 0 radical (unpaired) electrons. The molecule has 0 aliphatic carbocycles. The van der Waals surface area contributed by atoms with Crippen LogP contribution in [-0.2, 0) is 9.53 Å². The van der Waals surface area contributed by atoms with Crippen LogP contribution in [0.15, 0.2) is 18.2 Å². The molecule has 3 heteroatoms. The first kappa shape index (κ1) is 15.6. The first-order chi connectivity index (χ1) is 8.06. The summed E-state index contributed by atoms with van der Waals surface area (Å²) in [4.78, 5) is 11.4. The molecular formula is C14H21FO2. The fraction of sp³-hybridized carbons (Fsp3) is 0.500. The lowest BCUT2D eigenvalue weighted by molar-refractivity contribution is -0.144. The number of rotatable bonds is 3. The molecule has 96 valence electrons. The monoisotopic (exact) mass is 240 g/mol. The van der Waals surface area contributed by atoms with Gasteiger partial charge in [0.1, 0.15) is 5.82 Å². The van der Waals surface area contributed by atoms with Crippen LogP contribution in [0.2, 0.25) is 0 Å². The zero-order chi connectivity index (χ0) is 13.4. The molecule has 0 amide bonds. The number of carbonyl (C=O) groups excluding carboxylic acids is 1. The lowest BCUT2D eigenvalue weighted by atomic mass is 10.00. The fourth-order valence-corrected chi connectivity index (χ4v) is 1.28. The highest BCUT2D eigenvalue weighted by Gasteiger charge is 2.16. The number of hydrogen-bond donors (Lipinski definition) is 0. The van der Waals surface area contributed by atoms with Gasteiger partial charge in [0.2, 0.25) is 0 Å². The van der Waals surface area contributed by atoms with Gasteiger partial charge in [-0.3, -0.25) is 4.79 Å². The molecule has 0 N–H and O–H groups in total. The Bertz CT molecular complexity index is 361. The zero-order valence-electron chi connectivity index (χ0n) is 11.2. The maximum Gasteiger partial charge on any atom is 0.313 e. The summed E-state index contributed by atoms with van der Waals surface area (Å²) in [6.45, 7) is 9.49. The van der Waals surface area contributed by atoms with Crippen LogP contribution in [-0.4, -0.2) is 12.6 Å². The Morgan fingerprint density at radius 2 is 2.00 bits per heavy atom. The molecule has 1 unspecified atom stereocenters. The van der Waals surface area contributed by atoms with Gasteiger partial charge < -0.3 is 4.74 Å². The summed E-state index contributed by atoms with van der Waals surface area (Å²) in [5, 5.41) is 0. The minimum atomic E-state index is -0.417. The van der Waals surface area contributed by atoms with Gasteiger partial charge >= 0.3 is 5.97 Å². The number of carbonyl (C=O) groups is 1. The van der Waals surface area contributed by atoms with E-state index in [-0.39, 0.29) is 11.8 Å². The molecule has 0 aliphatic heterocycles. The summed E-state index contributed by atoms with van der Waals surface area (Å²) >= 11 is 0. The van der Waals surface area contributed by atoms with Gasteiger partial charge in [0.25, 0.3) is 0 Å². The molecule has 1 aromatic rings. The van der Waals surface area contributed by atoms with E-state index in [0.717, 1.165) is 0 Å². The van der Waals surface area contributed by atoms with Crippen molar-refractivity contribution in [1.82, 2.24) is 0 Å². The summed E-state index contributed by atoms with van der Waals surface area (Å²) in [6, 6.07) is 4.80.